The summed E-state index contributed by atoms with van der Waals surface area (Å²) in [7, 11) is 0. The van der Waals surface area contributed by atoms with Crippen molar-refractivity contribution >= 4 is 45.1 Å². The van der Waals surface area contributed by atoms with Gasteiger partial charge in [0.25, 0.3) is 0 Å². The molecule has 0 aromatic heterocycles. The topological polar surface area (TPSA) is 17.1 Å². The van der Waals surface area contributed by atoms with Crippen LogP contribution in [-0.4, -0.2) is 16.8 Å². The number of benzene rings is 1. The zero-order valence-corrected chi connectivity index (χ0v) is 11.9. The Bertz CT molecular complexity index is 402. The molecule has 0 N–H and O–H groups in total. The number of rotatable bonds is 2. The summed E-state index contributed by atoms with van der Waals surface area (Å²) in [5, 5.41) is 0.732. The Morgan fingerprint density at radius 3 is 2.94 bits per heavy atom. The predicted octanol–water partition coefficient (Wildman–Crippen LogP) is 4.57. The lowest BCUT2D eigenvalue weighted by atomic mass is 10.0. The molecule has 1 aliphatic heterocycles. The number of carbonyl (C=O) groups excluding carboxylic acids is 1. The lowest BCUT2D eigenvalue weighted by Gasteiger charge is -2.20. The average Bonchev–Trinajstić information content (AvgIpc) is 2.32. The van der Waals surface area contributed by atoms with Crippen LogP contribution in [0.1, 0.15) is 29.6 Å². The van der Waals surface area contributed by atoms with E-state index in [2.05, 4.69) is 15.9 Å². The summed E-state index contributed by atoms with van der Waals surface area (Å²) in [5.74, 6) is 1.30. The highest BCUT2D eigenvalue weighted by Gasteiger charge is 2.24. The Hall–Kier alpha value is 0.01000. The van der Waals surface area contributed by atoms with Gasteiger partial charge in [-0.2, -0.15) is 11.8 Å². The zero-order chi connectivity index (χ0) is 11.5. The highest BCUT2D eigenvalue weighted by Crippen LogP contribution is 2.31. The minimum Gasteiger partial charge on any atom is -0.293 e. The van der Waals surface area contributed by atoms with E-state index in [4.69, 9.17) is 11.6 Å². The van der Waals surface area contributed by atoms with Crippen molar-refractivity contribution in [2.45, 2.75) is 24.5 Å². The molecule has 1 fully saturated rings. The molecule has 0 saturated carbocycles. The van der Waals surface area contributed by atoms with Gasteiger partial charge in [-0.1, -0.05) is 34.0 Å². The predicted molar refractivity (Wildman–Crippen MR) is 73.6 cm³/mol. The molecule has 1 nitrogen and oxygen atoms in total. The summed E-state index contributed by atoms with van der Waals surface area (Å²) in [4.78, 5) is 12.3. The molecule has 0 amide bonds. The molecule has 1 aromatic rings. The van der Waals surface area contributed by atoms with Crippen LogP contribution in [0.15, 0.2) is 22.7 Å². The van der Waals surface area contributed by atoms with Crippen molar-refractivity contribution in [3.63, 3.8) is 0 Å². The summed E-state index contributed by atoms with van der Waals surface area (Å²) in [6, 6.07) is 5.38. The molecule has 1 aliphatic rings. The fourth-order valence-electron chi connectivity index (χ4n) is 1.81. The van der Waals surface area contributed by atoms with Crippen LogP contribution in [0.3, 0.4) is 0 Å². The molecule has 0 aliphatic carbocycles. The maximum atomic E-state index is 12.3. The molecular weight excluding hydrogens is 308 g/mol. The van der Waals surface area contributed by atoms with E-state index >= 15 is 0 Å². The van der Waals surface area contributed by atoms with Gasteiger partial charge in [-0.05, 0) is 36.8 Å². The molecule has 0 radical (unpaired) electrons. The van der Waals surface area contributed by atoms with E-state index in [9.17, 15) is 4.79 Å². The number of thioether (sulfide) groups is 1. The molecule has 1 saturated heterocycles. The second-order valence-electron chi connectivity index (χ2n) is 3.84. The highest BCUT2D eigenvalue weighted by molar-refractivity contribution is 9.10. The average molecular weight is 320 g/mol. The van der Waals surface area contributed by atoms with Crippen molar-refractivity contribution in [3.8, 4) is 0 Å². The first-order chi connectivity index (χ1) is 7.68. The molecule has 0 spiro atoms. The summed E-state index contributed by atoms with van der Waals surface area (Å²) in [5.41, 5.74) is 0.715. The van der Waals surface area contributed by atoms with E-state index in [1.165, 1.54) is 6.42 Å². The minimum absolute atomic E-state index is 0.114. The quantitative estimate of drug-likeness (QED) is 0.743. The molecule has 2 rings (SSSR count). The summed E-state index contributed by atoms with van der Waals surface area (Å²) in [6.45, 7) is 0. The summed E-state index contributed by atoms with van der Waals surface area (Å²) < 4.78 is 0.841. The van der Waals surface area contributed by atoms with E-state index in [-0.39, 0.29) is 11.0 Å². The summed E-state index contributed by atoms with van der Waals surface area (Å²) in [6.07, 6.45) is 3.37. The Kier molecular flexibility index (Phi) is 4.34. The van der Waals surface area contributed by atoms with E-state index in [0.29, 0.717) is 10.6 Å². The van der Waals surface area contributed by atoms with Crippen molar-refractivity contribution < 1.29 is 4.79 Å². The molecule has 1 heterocycles. The monoisotopic (exact) mass is 318 g/mol. The van der Waals surface area contributed by atoms with Gasteiger partial charge in [0.2, 0.25) is 0 Å². The van der Waals surface area contributed by atoms with Crippen molar-refractivity contribution in [1.29, 1.82) is 0 Å². The van der Waals surface area contributed by atoms with Gasteiger partial charge in [0.05, 0.1) is 5.25 Å². The standard InChI is InChI=1S/C12H12BrClOS/c13-10-5-4-8(14)7-9(10)12(15)11-3-1-2-6-16-11/h4-5,7,11H,1-3,6H2. The van der Waals surface area contributed by atoms with Crippen molar-refractivity contribution in [3.05, 3.63) is 33.3 Å². The van der Waals surface area contributed by atoms with Crippen molar-refractivity contribution in [1.82, 2.24) is 0 Å². The van der Waals surface area contributed by atoms with Crippen LogP contribution in [0, 0.1) is 0 Å². The Balaban J connectivity index is 2.22. The Labute approximate surface area is 113 Å². The van der Waals surface area contributed by atoms with Gasteiger partial charge in [-0.25, -0.2) is 0 Å². The van der Waals surface area contributed by atoms with Crippen molar-refractivity contribution in [2.24, 2.45) is 0 Å². The molecule has 1 unspecified atom stereocenters. The number of Topliss-reactive ketones (excluding diaryl/α,β-unsaturated/α-hetero) is 1. The van der Waals surface area contributed by atoms with Crippen LogP contribution in [0.5, 0.6) is 0 Å². The second kappa shape index (κ2) is 5.56. The van der Waals surface area contributed by atoms with Crippen molar-refractivity contribution in [2.75, 3.05) is 5.75 Å². The molecule has 0 bridgehead atoms. The smallest absolute Gasteiger partial charge is 0.176 e. The number of ketones is 1. The number of hydrogen-bond donors (Lipinski definition) is 0. The molecule has 86 valence electrons. The van der Waals surface area contributed by atoms with Crippen LogP contribution < -0.4 is 0 Å². The third-order valence-electron chi connectivity index (χ3n) is 2.67. The van der Waals surface area contributed by atoms with Gasteiger partial charge in [-0.15, -0.1) is 0 Å². The van der Waals surface area contributed by atoms with Crippen LogP contribution in [0.25, 0.3) is 0 Å². The fourth-order valence-corrected chi connectivity index (χ4v) is 3.69. The van der Waals surface area contributed by atoms with E-state index < -0.39 is 0 Å². The normalized spacial score (nSPS) is 20.8. The van der Waals surface area contributed by atoms with E-state index in [1.54, 1.807) is 23.9 Å². The maximum Gasteiger partial charge on any atom is 0.176 e. The number of hydrogen-bond acceptors (Lipinski definition) is 2. The van der Waals surface area contributed by atoms with E-state index in [1.807, 2.05) is 6.07 Å². The molecular formula is C12H12BrClOS. The molecule has 4 heteroatoms. The van der Waals surface area contributed by atoms with Gasteiger partial charge in [0.1, 0.15) is 0 Å². The molecule has 1 atom stereocenters. The van der Waals surface area contributed by atoms with Crippen LogP contribution >= 0.6 is 39.3 Å². The van der Waals surface area contributed by atoms with Gasteiger partial charge in [0, 0.05) is 15.1 Å². The minimum atomic E-state index is 0.114. The maximum absolute atomic E-state index is 12.3. The lowest BCUT2D eigenvalue weighted by molar-refractivity contribution is 0.0984. The number of halogens is 2. The lowest BCUT2D eigenvalue weighted by Crippen LogP contribution is -2.21. The molecule has 1 aromatic carbocycles. The SMILES string of the molecule is O=C(c1cc(Cl)ccc1Br)C1CCCCS1. The van der Waals surface area contributed by atoms with Gasteiger partial charge < -0.3 is 0 Å². The van der Waals surface area contributed by atoms with Crippen LogP contribution in [0.4, 0.5) is 0 Å². The Morgan fingerprint density at radius 2 is 2.25 bits per heavy atom. The largest absolute Gasteiger partial charge is 0.293 e. The second-order valence-corrected chi connectivity index (χ2v) is 6.45. The third-order valence-corrected chi connectivity index (χ3v) is 4.97. The third kappa shape index (κ3) is 2.82. The highest BCUT2D eigenvalue weighted by atomic mass is 79.9. The fraction of sp³-hybridized carbons (Fsp3) is 0.417. The van der Waals surface area contributed by atoms with Gasteiger partial charge in [-0.3, -0.25) is 4.79 Å². The van der Waals surface area contributed by atoms with Crippen LogP contribution in [0.2, 0.25) is 5.02 Å². The zero-order valence-electron chi connectivity index (χ0n) is 8.71. The van der Waals surface area contributed by atoms with Gasteiger partial charge >= 0.3 is 0 Å². The molecule has 16 heavy (non-hydrogen) atoms. The van der Waals surface area contributed by atoms with Crippen LogP contribution in [-0.2, 0) is 0 Å². The summed E-state index contributed by atoms with van der Waals surface area (Å²) >= 11 is 11.1. The number of carbonyl (C=O) groups is 1. The van der Waals surface area contributed by atoms with E-state index in [0.717, 1.165) is 23.1 Å². The Morgan fingerprint density at radius 1 is 1.44 bits per heavy atom. The first-order valence-corrected chi connectivity index (χ1v) is 7.51. The first kappa shape index (κ1) is 12.5. The van der Waals surface area contributed by atoms with Gasteiger partial charge in [0.15, 0.2) is 5.78 Å². The first-order valence-electron chi connectivity index (χ1n) is 5.29.